The Bertz CT molecular complexity index is 418. The van der Waals surface area contributed by atoms with E-state index in [2.05, 4.69) is 4.98 Å². The third-order valence-electron chi connectivity index (χ3n) is 4.25. The molecule has 1 aliphatic rings. The minimum absolute atomic E-state index is 0.316. The number of nitrogens with zero attached hydrogens (tertiary/aromatic N) is 1. The summed E-state index contributed by atoms with van der Waals surface area (Å²) in [5, 5.41) is 11.1. The van der Waals surface area contributed by atoms with Gasteiger partial charge in [-0.05, 0) is 31.4 Å². The van der Waals surface area contributed by atoms with E-state index in [1.54, 1.807) is 0 Å². The van der Waals surface area contributed by atoms with Gasteiger partial charge in [-0.1, -0.05) is 6.92 Å². The largest absolute Gasteiger partial charge is 0.383 e. The quantitative estimate of drug-likeness (QED) is 0.870. The second kappa shape index (κ2) is 5.53. The average Bonchev–Trinajstić information content (AvgIpc) is 2.47. The fourth-order valence-corrected chi connectivity index (χ4v) is 2.96. The van der Waals surface area contributed by atoms with Gasteiger partial charge in [0.1, 0.15) is 11.4 Å². The van der Waals surface area contributed by atoms with Crippen molar-refractivity contribution >= 4 is 0 Å². The van der Waals surface area contributed by atoms with Gasteiger partial charge >= 0.3 is 0 Å². The van der Waals surface area contributed by atoms with E-state index in [1.165, 1.54) is 12.1 Å². The van der Waals surface area contributed by atoms with E-state index in [0.717, 1.165) is 19.0 Å². The predicted octanol–water partition coefficient (Wildman–Crippen LogP) is 1.57. The van der Waals surface area contributed by atoms with Crippen LogP contribution in [0.15, 0.2) is 18.3 Å². The highest BCUT2D eigenvalue weighted by Crippen LogP contribution is 2.46. The summed E-state index contributed by atoms with van der Waals surface area (Å²) in [6.45, 7) is 3.30. The summed E-state index contributed by atoms with van der Waals surface area (Å²) in [6, 6.07) is 2.85. The van der Waals surface area contributed by atoms with Crippen molar-refractivity contribution in [2.45, 2.75) is 31.8 Å². The lowest BCUT2D eigenvalue weighted by atomic mass is 9.65. The molecule has 4 nitrogen and oxygen atoms in total. The van der Waals surface area contributed by atoms with Crippen LogP contribution in [0.25, 0.3) is 0 Å². The van der Waals surface area contributed by atoms with E-state index in [-0.39, 0.29) is 0 Å². The smallest absolute Gasteiger partial charge is 0.141 e. The molecule has 0 aliphatic carbocycles. The zero-order valence-electron chi connectivity index (χ0n) is 11.2. The molecule has 0 bridgehead atoms. The van der Waals surface area contributed by atoms with E-state index >= 15 is 0 Å². The van der Waals surface area contributed by atoms with Crippen LogP contribution in [-0.2, 0) is 10.3 Å². The topological polar surface area (TPSA) is 68.4 Å². The van der Waals surface area contributed by atoms with Gasteiger partial charge in [0.05, 0.1) is 18.5 Å². The van der Waals surface area contributed by atoms with Crippen molar-refractivity contribution in [3.63, 3.8) is 0 Å². The number of halogens is 1. The van der Waals surface area contributed by atoms with Gasteiger partial charge in [-0.25, -0.2) is 4.39 Å². The number of ether oxygens (including phenoxy) is 1. The number of aromatic nitrogens is 1. The van der Waals surface area contributed by atoms with Crippen LogP contribution in [0.4, 0.5) is 4.39 Å². The molecule has 2 unspecified atom stereocenters. The zero-order valence-corrected chi connectivity index (χ0v) is 11.2. The maximum Gasteiger partial charge on any atom is 0.141 e. The van der Waals surface area contributed by atoms with Crippen molar-refractivity contribution in [3.8, 4) is 0 Å². The van der Waals surface area contributed by atoms with E-state index in [4.69, 9.17) is 10.5 Å². The Labute approximate surface area is 112 Å². The van der Waals surface area contributed by atoms with Crippen LogP contribution < -0.4 is 5.73 Å². The number of hydrogen-bond donors (Lipinski definition) is 2. The molecule has 1 aromatic heterocycles. The average molecular weight is 268 g/mol. The minimum atomic E-state index is -1.18. The molecule has 2 heterocycles. The molecule has 1 aromatic rings. The Kier molecular flexibility index (Phi) is 4.18. The molecule has 1 fully saturated rings. The molecule has 3 N–H and O–H groups in total. The summed E-state index contributed by atoms with van der Waals surface area (Å²) >= 11 is 0. The number of hydrogen-bond acceptors (Lipinski definition) is 4. The molecular weight excluding hydrogens is 247 g/mol. The van der Waals surface area contributed by atoms with Gasteiger partial charge in [0.25, 0.3) is 0 Å². The molecule has 19 heavy (non-hydrogen) atoms. The van der Waals surface area contributed by atoms with Gasteiger partial charge in [-0.3, -0.25) is 4.98 Å². The van der Waals surface area contributed by atoms with Crippen molar-refractivity contribution in [2.75, 3.05) is 19.8 Å². The van der Waals surface area contributed by atoms with Gasteiger partial charge < -0.3 is 15.6 Å². The van der Waals surface area contributed by atoms with Crippen LogP contribution in [0, 0.1) is 11.2 Å². The molecule has 0 saturated carbocycles. The zero-order chi connectivity index (χ0) is 13.9. The summed E-state index contributed by atoms with van der Waals surface area (Å²) in [5.74, 6) is -0.413. The van der Waals surface area contributed by atoms with Crippen molar-refractivity contribution in [1.82, 2.24) is 4.98 Å². The Balaban J connectivity index is 2.42. The van der Waals surface area contributed by atoms with Gasteiger partial charge in [0.15, 0.2) is 0 Å². The molecular formula is C14H21FN2O2. The summed E-state index contributed by atoms with van der Waals surface area (Å²) in [4.78, 5) is 4.05. The molecule has 0 spiro atoms. The van der Waals surface area contributed by atoms with Gasteiger partial charge in [-0.2, -0.15) is 0 Å². The highest BCUT2D eigenvalue weighted by molar-refractivity contribution is 5.19. The Morgan fingerprint density at radius 3 is 2.84 bits per heavy atom. The maximum absolute atomic E-state index is 13.0. The number of aliphatic hydroxyl groups is 1. The lowest BCUT2D eigenvalue weighted by molar-refractivity contribution is -0.153. The van der Waals surface area contributed by atoms with Crippen molar-refractivity contribution in [1.29, 1.82) is 0 Å². The standard InChI is InChI=1S/C14H21FN2O2/c1-2-14(18,12-5-4-11(15)8-17-12)13(9-16)6-3-7-19-10-13/h4-5,8,18H,2-3,6-7,9-10,16H2,1H3. The lowest BCUT2D eigenvalue weighted by Crippen LogP contribution is -2.55. The molecule has 2 atom stereocenters. The summed E-state index contributed by atoms with van der Waals surface area (Å²) in [7, 11) is 0. The molecule has 5 heteroatoms. The molecule has 0 amide bonds. The molecule has 0 radical (unpaired) electrons. The molecule has 1 aliphatic heterocycles. The first kappa shape index (κ1) is 14.4. The SMILES string of the molecule is CCC(O)(c1ccc(F)cn1)C1(CN)CCCOC1. The number of pyridine rings is 1. The first-order valence-corrected chi connectivity index (χ1v) is 6.70. The first-order valence-electron chi connectivity index (χ1n) is 6.70. The molecule has 1 saturated heterocycles. The van der Waals surface area contributed by atoms with E-state index in [9.17, 15) is 9.50 Å². The number of rotatable bonds is 4. The summed E-state index contributed by atoms with van der Waals surface area (Å²) in [6.07, 6.45) is 3.24. The second-order valence-electron chi connectivity index (χ2n) is 5.22. The van der Waals surface area contributed by atoms with E-state index < -0.39 is 16.8 Å². The van der Waals surface area contributed by atoms with Crippen molar-refractivity contribution < 1.29 is 14.2 Å². The van der Waals surface area contributed by atoms with Crippen LogP contribution in [-0.4, -0.2) is 29.8 Å². The van der Waals surface area contributed by atoms with Gasteiger partial charge in [0.2, 0.25) is 0 Å². The minimum Gasteiger partial charge on any atom is -0.383 e. The van der Waals surface area contributed by atoms with Gasteiger partial charge in [-0.15, -0.1) is 0 Å². The first-order chi connectivity index (χ1) is 9.08. The summed E-state index contributed by atoms with van der Waals surface area (Å²) < 4.78 is 18.5. The lowest BCUT2D eigenvalue weighted by Gasteiger charge is -2.48. The maximum atomic E-state index is 13.0. The van der Waals surface area contributed by atoms with Crippen LogP contribution in [0.5, 0.6) is 0 Å². The summed E-state index contributed by atoms with van der Waals surface area (Å²) in [5.41, 5.74) is 4.66. The van der Waals surface area contributed by atoms with E-state index in [0.29, 0.717) is 31.9 Å². The Hall–Kier alpha value is -1.04. The van der Waals surface area contributed by atoms with Crippen molar-refractivity contribution in [2.24, 2.45) is 11.1 Å². The monoisotopic (exact) mass is 268 g/mol. The van der Waals surface area contributed by atoms with Crippen LogP contribution >= 0.6 is 0 Å². The van der Waals surface area contributed by atoms with Crippen molar-refractivity contribution in [3.05, 3.63) is 29.8 Å². The Morgan fingerprint density at radius 1 is 1.58 bits per heavy atom. The molecule has 2 rings (SSSR count). The molecule has 106 valence electrons. The highest BCUT2D eigenvalue weighted by atomic mass is 19.1. The van der Waals surface area contributed by atoms with E-state index in [1.807, 2.05) is 6.92 Å². The Morgan fingerprint density at radius 2 is 2.37 bits per heavy atom. The third-order valence-corrected chi connectivity index (χ3v) is 4.25. The predicted molar refractivity (Wildman–Crippen MR) is 69.9 cm³/mol. The highest BCUT2D eigenvalue weighted by Gasteiger charge is 2.51. The van der Waals surface area contributed by atoms with Crippen LogP contribution in [0.1, 0.15) is 31.9 Å². The normalized spacial score (nSPS) is 26.9. The van der Waals surface area contributed by atoms with Crippen LogP contribution in [0.2, 0.25) is 0 Å². The van der Waals surface area contributed by atoms with Gasteiger partial charge in [0, 0.05) is 18.6 Å². The fourth-order valence-electron chi connectivity index (χ4n) is 2.96. The fraction of sp³-hybridized carbons (Fsp3) is 0.643. The molecule has 0 aromatic carbocycles. The number of nitrogens with two attached hydrogens (primary N) is 1. The van der Waals surface area contributed by atoms with Crippen LogP contribution in [0.3, 0.4) is 0 Å². The second-order valence-corrected chi connectivity index (χ2v) is 5.22. The third kappa shape index (κ3) is 2.38.